The normalized spacial score (nSPS) is 11.6. The molecule has 4 aromatic carbocycles. The number of benzene rings is 4. The van der Waals surface area contributed by atoms with Crippen LogP contribution >= 0.6 is 0 Å². The molecule has 0 unspecified atom stereocenters. The number of ether oxygens (including phenoxy) is 4. The van der Waals surface area contributed by atoms with Gasteiger partial charge in [0.1, 0.15) is 0 Å². The minimum absolute atomic E-state index is 0.604. The van der Waals surface area contributed by atoms with Crippen molar-refractivity contribution >= 4 is 33.7 Å². The molecule has 4 nitrogen and oxygen atoms in total. The van der Waals surface area contributed by atoms with Gasteiger partial charge >= 0.3 is 227 Å². The molecule has 0 saturated heterocycles. The molecule has 4 rings (SSSR count). The Morgan fingerprint density at radius 3 is 0.703 bits per heavy atom. The molecule has 4 aromatic rings. The zero-order valence-corrected chi connectivity index (χ0v) is 26.1. The summed E-state index contributed by atoms with van der Waals surface area (Å²) in [5.74, 6) is 0. The maximum atomic E-state index is 5.40. The predicted molar refractivity (Wildman–Crippen MR) is 153 cm³/mol. The molecule has 0 N–H and O–H groups in total. The summed E-state index contributed by atoms with van der Waals surface area (Å²) in [7, 11) is 6.96. The molecule has 0 aromatic heterocycles. The van der Waals surface area contributed by atoms with Crippen LogP contribution < -0.4 is 12.5 Å². The van der Waals surface area contributed by atoms with Gasteiger partial charge in [0.15, 0.2) is 0 Å². The van der Waals surface area contributed by atoms with E-state index in [1.54, 1.807) is 28.4 Å². The van der Waals surface area contributed by atoms with Gasteiger partial charge in [-0.15, -0.1) is 0 Å². The molecule has 0 aliphatic heterocycles. The van der Waals surface area contributed by atoms with Gasteiger partial charge < -0.3 is 0 Å². The number of hydrogen-bond acceptors (Lipinski definition) is 4. The third-order valence-electron chi connectivity index (χ3n) is 6.79. The van der Waals surface area contributed by atoms with E-state index in [0.29, 0.717) is 26.4 Å². The standard InChI is InChI=1S/4C8H9O.Pb/c4*1-9-7-8-5-3-2-4-6-8;/h4*3-6H,7H2,1H3;. The summed E-state index contributed by atoms with van der Waals surface area (Å²) in [6.07, 6.45) is 0. The van der Waals surface area contributed by atoms with E-state index >= 15 is 0 Å². The van der Waals surface area contributed by atoms with Crippen molar-refractivity contribution in [2.24, 2.45) is 0 Å². The molecule has 0 aliphatic rings. The van der Waals surface area contributed by atoms with Crippen LogP contribution in [0.5, 0.6) is 0 Å². The van der Waals surface area contributed by atoms with E-state index < -0.39 is 21.2 Å². The van der Waals surface area contributed by atoms with Crippen molar-refractivity contribution < 1.29 is 18.9 Å². The van der Waals surface area contributed by atoms with Crippen molar-refractivity contribution in [3.05, 3.63) is 119 Å². The summed E-state index contributed by atoms with van der Waals surface area (Å²) in [6, 6.07) is 36.3. The van der Waals surface area contributed by atoms with E-state index in [1.807, 2.05) is 0 Å². The Labute approximate surface area is 225 Å². The van der Waals surface area contributed by atoms with E-state index in [0.717, 1.165) is 0 Å². The predicted octanol–water partition coefficient (Wildman–Crippen LogP) is 3.65. The molecule has 0 radical (unpaired) electrons. The fourth-order valence-corrected chi connectivity index (χ4v) is 23.2. The third kappa shape index (κ3) is 6.21. The van der Waals surface area contributed by atoms with Crippen LogP contribution in [-0.2, 0) is 45.4 Å². The molecule has 0 bridgehead atoms. The second kappa shape index (κ2) is 13.4. The minimum atomic E-state index is -3.91. The topological polar surface area (TPSA) is 36.9 Å². The maximum absolute atomic E-state index is 5.40. The molecule has 0 fully saturated rings. The molecule has 0 saturated carbocycles. The average molecular weight is 692 g/mol. The van der Waals surface area contributed by atoms with E-state index in [4.69, 9.17) is 18.9 Å². The van der Waals surface area contributed by atoms with Crippen LogP contribution in [0.2, 0.25) is 0 Å². The fourth-order valence-electron chi connectivity index (χ4n) is 5.07. The summed E-state index contributed by atoms with van der Waals surface area (Å²) in [4.78, 5) is 0. The molecule has 0 atom stereocenters. The quantitative estimate of drug-likeness (QED) is 0.213. The van der Waals surface area contributed by atoms with Gasteiger partial charge in [0, 0.05) is 0 Å². The molecule has 37 heavy (non-hydrogen) atoms. The van der Waals surface area contributed by atoms with Crippen LogP contribution in [0.1, 0.15) is 22.3 Å². The van der Waals surface area contributed by atoms with Gasteiger partial charge in [-0.05, 0) is 0 Å². The van der Waals surface area contributed by atoms with Gasteiger partial charge in [-0.2, -0.15) is 0 Å². The molecule has 0 amide bonds. The zero-order chi connectivity index (χ0) is 26.1. The van der Waals surface area contributed by atoms with E-state index in [-0.39, 0.29) is 0 Å². The van der Waals surface area contributed by atoms with E-state index in [2.05, 4.69) is 97.1 Å². The summed E-state index contributed by atoms with van der Waals surface area (Å²) in [5, 5.41) is 0. The van der Waals surface area contributed by atoms with Crippen molar-refractivity contribution in [3.63, 3.8) is 0 Å². The van der Waals surface area contributed by atoms with Crippen LogP contribution in [-0.4, -0.2) is 49.6 Å². The Morgan fingerprint density at radius 2 is 0.541 bits per heavy atom. The van der Waals surface area contributed by atoms with Crippen molar-refractivity contribution in [1.29, 1.82) is 0 Å². The molecule has 0 aliphatic carbocycles. The number of hydrogen-bond donors (Lipinski definition) is 0. The first kappa shape index (κ1) is 27.7. The molecular weight excluding hydrogens is 656 g/mol. The van der Waals surface area contributed by atoms with Crippen LogP contribution in [0.25, 0.3) is 0 Å². The molecular formula is C32H36O4Pb. The van der Waals surface area contributed by atoms with E-state index in [9.17, 15) is 0 Å². The third-order valence-corrected chi connectivity index (χ3v) is 25.4. The second-order valence-electron chi connectivity index (χ2n) is 9.27. The Morgan fingerprint density at radius 1 is 0.351 bits per heavy atom. The molecule has 5 heteroatoms. The fraction of sp³-hybridized carbons (Fsp3) is 0.250. The van der Waals surface area contributed by atoms with Crippen LogP contribution in [0, 0.1) is 0 Å². The summed E-state index contributed by atoms with van der Waals surface area (Å²) >= 11 is -3.91. The van der Waals surface area contributed by atoms with Gasteiger partial charge in [-0.3, -0.25) is 0 Å². The van der Waals surface area contributed by atoms with Crippen molar-refractivity contribution in [2.45, 2.75) is 26.4 Å². The van der Waals surface area contributed by atoms with Gasteiger partial charge in [0.2, 0.25) is 0 Å². The summed E-state index contributed by atoms with van der Waals surface area (Å²) in [6.45, 7) is 2.42. The first-order valence-corrected chi connectivity index (χ1v) is 20.3. The van der Waals surface area contributed by atoms with Gasteiger partial charge in [-0.25, -0.2) is 0 Å². The summed E-state index contributed by atoms with van der Waals surface area (Å²) in [5.41, 5.74) is 4.70. The van der Waals surface area contributed by atoms with Gasteiger partial charge in [-0.1, -0.05) is 0 Å². The molecule has 0 heterocycles. The van der Waals surface area contributed by atoms with Crippen molar-refractivity contribution in [2.75, 3.05) is 28.4 Å². The average Bonchev–Trinajstić information content (AvgIpc) is 2.93. The Hall–Kier alpha value is -2.36. The van der Waals surface area contributed by atoms with Crippen LogP contribution in [0.15, 0.2) is 97.1 Å². The first-order chi connectivity index (χ1) is 18.1. The zero-order valence-electron chi connectivity index (χ0n) is 22.2. The van der Waals surface area contributed by atoms with Gasteiger partial charge in [0.25, 0.3) is 0 Å². The Kier molecular flexibility index (Phi) is 10.1. The van der Waals surface area contributed by atoms with Crippen LogP contribution in [0.4, 0.5) is 0 Å². The second-order valence-corrected chi connectivity index (χ2v) is 24.1. The SMILES string of the molecule is COCc1cc[c]([Pb]([c]2ccc(COC)cc2)([c]2ccc(COC)cc2)[c]2ccc(COC)cc2)cc1. The van der Waals surface area contributed by atoms with E-state index in [1.165, 1.54) is 34.7 Å². The Balaban J connectivity index is 1.98. The molecule has 0 spiro atoms. The Bertz CT molecular complexity index is 1030. The first-order valence-electron chi connectivity index (χ1n) is 12.5. The molecule has 192 valence electrons. The van der Waals surface area contributed by atoms with Crippen molar-refractivity contribution in [3.8, 4) is 0 Å². The van der Waals surface area contributed by atoms with Crippen molar-refractivity contribution in [1.82, 2.24) is 0 Å². The number of rotatable bonds is 12. The monoisotopic (exact) mass is 692 g/mol. The summed E-state index contributed by atoms with van der Waals surface area (Å²) < 4.78 is 27.2. The van der Waals surface area contributed by atoms with Gasteiger partial charge in [0.05, 0.1) is 0 Å². The van der Waals surface area contributed by atoms with Crippen LogP contribution in [0.3, 0.4) is 0 Å². The number of methoxy groups -OCH3 is 4.